The summed E-state index contributed by atoms with van der Waals surface area (Å²) in [5.41, 5.74) is 11.4. The zero-order chi connectivity index (χ0) is 38.2. The van der Waals surface area contributed by atoms with E-state index in [1.165, 1.54) is 0 Å². The maximum Gasteiger partial charge on any atom is 0.118 e. The molecule has 0 atom stereocenters. The van der Waals surface area contributed by atoms with Gasteiger partial charge < -0.3 is 18.9 Å². The van der Waals surface area contributed by atoms with Gasteiger partial charge in [-0.3, -0.25) is 18.7 Å². The van der Waals surface area contributed by atoms with E-state index in [4.69, 9.17) is 39.3 Å². The van der Waals surface area contributed by atoms with Gasteiger partial charge in [-0.05, 0) is 121 Å². The van der Waals surface area contributed by atoms with Gasteiger partial charge in [-0.2, -0.15) is 20.4 Å². The quantitative estimate of drug-likeness (QED) is 0.156. The molecule has 8 bridgehead atoms. The first-order valence-corrected chi connectivity index (χ1v) is 18.3. The summed E-state index contributed by atoms with van der Waals surface area (Å²) in [5, 5.41) is 20.8. The first kappa shape index (κ1) is 34.7. The van der Waals surface area contributed by atoms with Crippen molar-refractivity contribution in [2.24, 2.45) is 0 Å². The van der Waals surface area contributed by atoms with Crippen molar-refractivity contribution in [1.29, 1.82) is 0 Å². The summed E-state index contributed by atoms with van der Waals surface area (Å²) >= 11 is 0. The summed E-state index contributed by atoms with van der Waals surface area (Å²) < 4.78 is 30.0. The van der Waals surface area contributed by atoms with E-state index in [9.17, 15) is 0 Å². The zero-order valence-electron chi connectivity index (χ0n) is 31.6. The van der Waals surface area contributed by atoms with Gasteiger partial charge in [-0.15, -0.1) is 0 Å². The normalized spacial score (nSPS) is 12.4. The molecule has 0 radical (unpaired) electrons. The molecule has 8 aromatic rings. The van der Waals surface area contributed by atoms with Gasteiger partial charge in [0.05, 0.1) is 100 Å². The minimum atomic E-state index is 0.443. The summed E-state index contributed by atoms with van der Waals surface area (Å²) in [5.74, 6) is 3.16. The van der Waals surface area contributed by atoms with Gasteiger partial charge in [0.15, 0.2) is 0 Å². The van der Waals surface area contributed by atoms with Crippen molar-refractivity contribution >= 4 is 0 Å². The Morgan fingerprint density at radius 1 is 0.321 bits per heavy atom. The van der Waals surface area contributed by atoms with Crippen LogP contribution in [0, 0.1) is 0 Å². The molecule has 0 unspecified atom stereocenters. The SMILES string of the molecule is COc1ccc(-c2cc3nn2Cc2cc(-c4ccc(OC)cc4)n(n2)Cc2cc(-c4ccc(OC)cc4)n(n2)Cc2cc(-c4ccc(OC)cc4)n(n2)C3)cc1. The molecule has 0 amide bonds. The number of hydrogen-bond donors (Lipinski definition) is 0. The largest absolute Gasteiger partial charge is 0.497 e. The van der Waals surface area contributed by atoms with E-state index in [0.717, 1.165) is 90.8 Å². The average Bonchev–Trinajstić information content (AvgIpc) is 4.04. The van der Waals surface area contributed by atoms with E-state index < -0.39 is 0 Å². The Morgan fingerprint density at radius 2 is 0.518 bits per heavy atom. The van der Waals surface area contributed by atoms with Crippen LogP contribution in [0.4, 0.5) is 0 Å². The molecule has 280 valence electrons. The summed E-state index contributed by atoms with van der Waals surface area (Å²) in [6.07, 6.45) is 0. The Hall–Kier alpha value is -7.08. The van der Waals surface area contributed by atoms with Crippen LogP contribution in [0.1, 0.15) is 22.8 Å². The van der Waals surface area contributed by atoms with Gasteiger partial charge in [0.25, 0.3) is 0 Å². The Morgan fingerprint density at radius 3 is 0.696 bits per heavy atom. The van der Waals surface area contributed by atoms with Crippen molar-refractivity contribution in [1.82, 2.24) is 39.1 Å². The molecule has 1 aliphatic heterocycles. The van der Waals surface area contributed by atoms with Crippen LogP contribution < -0.4 is 18.9 Å². The highest BCUT2D eigenvalue weighted by Gasteiger charge is 2.21. The third-order valence-electron chi connectivity index (χ3n) is 10.1. The molecule has 9 rings (SSSR count). The van der Waals surface area contributed by atoms with Crippen LogP contribution in [-0.4, -0.2) is 67.6 Å². The molecule has 0 saturated heterocycles. The van der Waals surface area contributed by atoms with E-state index in [-0.39, 0.29) is 0 Å². The smallest absolute Gasteiger partial charge is 0.118 e. The van der Waals surface area contributed by atoms with Crippen molar-refractivity contribution in [3.8, 4) is 68.0 Å². The molecule has 56 heavy (non-hydrogen) atoms. The first-order valence-electron chi connectivity index (χ1n) is 18.3. The van der Waals surface area contributed by atoms with Crippen LogP contribution in [0.5, 0.6) is 23.0 Å². The molecule has 12 nitrogen and oxygen atoms in total. The number of ether oxygens (including phenoxy) is 4. The number of rotatable bonds is 8. The minimum absolute atomic E-state index is 0.443. The topological polar surface area (TPSA) is 108 Å². The van der Waals surface area contributed by atoms with Gasteiger partial charge in [0.2, 0.25) is 0 Å². The van der Waals surface area contributed by atoms with Crippen molar-refractivity contribution in [2.75, 3.05) is 28.4 Å². The second-order valence-corrected chi connectivity index (χ2v) is 13.6. The van der Waals surface area contributed by atoms with Crippen molar-refractivity contribution in [2.45, 2.75) is 26.2 Å². The first-order chi connectivity index (χ1) is 27.5. The highest BCUT2D eigenvalue weighted by Crippen LogP contribution is 2.31. The van der Waals surface area contributed by atoms with Crippen molar-refractivity contribution < 1.29 is 18.9 Å². The van der Waals surface area contributed by atoms with E-state index in [2.05, 4.69) is 72.8 Å². The molecule has 5 heterocycles. The number of fused-ring (bicyclic) bond motifs is 8. The van der Waals surface area contributed by atoms with E-state index in [1.54, 1.807) is 28.4 Å². The van der Waals surface area contributed by atoms with Crippen molar-refractivity contribution in [3.63, 3.8) is 0 Å². The van der Waals surface area contributed by atoms with E-state index >= 15 is 0 Å². The molecule has 0 aliphatic carbocycles. The summed E-state index contributed by atoms with van der Waals surface area (Å²) in [7, 11) is 6.70. The van der Waals surface area contributed by atoms with Gasteiger partial charge >= 0.3 is 0 Å². The number of methoxy groups -OCH3 is 4. The fourth-order valence-corrected chi connectivity index (χ4v) is 7.26. The van der Waals surface area contributed by atoms with E-state index in [0.29, 0.717) is 26.2 Å². The molecule has 12 heteroatoms. The van der Waals surface area contributed by atoms with Gasteiger partial charge in [0.1, 0.15) is 23.0 Å². The lowest BCUT2D eigenvalue weighted by Crippen LogP contribution is -2.11. The molecular weight excluding hydrogens is 705 g/mol. The lowest BCUT2D eigenvalue weighted by atomic mass is 10.1. The number of benzene rings is 4. The standard InChI is InChI=1S/C44H40N8O4/c1-53-37-13-5-29(6-14-37)41-21-33-26-50-43(31-9-17-39(55-3)18-10-31)23-35(47-50)28-52-44(32-11-19-40(56-4)20-12-32)24-36(48-52)27-51-42(22-34(46-51)25-49(41)45-33)30-7-15-38(54-2)16-8-30/h5-24H,25-28H2,1-4H3. The van der Waals surface area contributed by atoms with Crippen molar-refractivity contribution in [3.05, 3.63) is 144 Å². The zero-order valence-corrected chi connectivity index (χ0v) is 31.6. The molecule has 0 saturated carbocycles. The molecule has 1 aliphatic rings. The van der Waals surface area contributed by atoms with Gasteiger partial charge in [-0.1, -0.05) is 0 Å². The maximum absolute atomic E-state index is 5.48. The fourth-order valence-electron chi connectivity index (χ4n) is 7.26. The number of nitrogens with zero attached hydrogens (tertiary/aromatic N) is 8. The van der Waals surface area contributed by atoms with Gasteiger partial charge in [0, 0.05) is 22.3 Å². The third kappa shape index (κ3) is 6.77. The average molecular weight is 745 g/mol. The number of aromatic nitrogens is 8. The highest BCUT2D eigenvalue weighted by atomic mass is 16.5. The second-order valence-electron chi connectivity index (χ2n) is 13.6. The molecular formula is C44H40N8O4. The summed E-state index contributed by atoms with van der Waals surface area (Å²) in [6.45, 7) is 1.77. The Bertz CT molecular complexity index is 2250. The monoisotopic (exact) mass is 744 g/mol. The fraction of sp³-hybridized carbons (Fsp3) is 0.182. The molecule has 0 spiro atoms. The summed E-state index contributed by atoms with van der Waals surface area (Å²) in [6, 6.07) is 40.8. The van der Waals surface area contributed by atoms with E-state index in [1.807, 2.05) is 67.3 Å². The third-order valence-corrected chi connectivity index (χ3v) is 10.1. The Kier molecular flexibility index (Phi) is 9.06. The van der Waals surface area contributed by atoms with Crippen LogP contribution in [0.3, 0.4) is 0 Å². The van der Waals surface area contributed by atoms with Crippen LogP contribution in [-0.2, 0) is 26.2 Å². The molecule has 0 N–H and O–H groups in total. The molecule has 4 aromatic carbocycles. The Balaban J connectivity index is 1.21. The van der Waals surface area contributed by atoms with Crippen LogP contribution in [0.25, 0.3) is 45.0 Å². The highest BCUT2D eigenvalue weighted by molar-refractivity contribution is 5.65. The predicted octanol–water partition coefficient (Wildman–Crippen LogP) is 7.68. The second kappa shape index (κ2) is 14.6. The maximum atomic E-state index is 5.48. The van der Waals surface area contributed by atoms with Crippen LogP contribution in [0.2, 0.25) is 0 Å². The Labute approximate surface area is 324 Å². The van der Waals surface area contributed by atoms with Crippen LogP contribution in [0.15, 0.2) is 121 Å². The lowest BCUT2D eigenvalue weighted by molar-refractivity contribution is 0.414. The minimum Gasteiger partial charge on any atom is -0.497 e. The predicted molar refractivity (Wildman–Crippen MR) is 213 cm³/mol. The van der Waals surface area contributed by atoms with Gasteiger partial charge in [-0.25, -0.2) is 0 Å². The lowest BCUT2D eigenvalue weighted by Gasteiger charge is -2.08. The van der Waals surface area contributed by atoms with Crippen LogP contribution >= 0.6 is 0 Å². The summed E-state index contributed by atoms with van der Waals surface area (Å²) in [4.78, 5) is 0. The number of hydrogen-bond acceptors (Lipinski definition) is 8. The molecule has 4 aromatic heterocycles. The molecule has 0 fully saturated rings.